The van der Waals surface area contributed by atoms with Gasteiger partial charge < -0.3 is 4.74 Å². The van der Waals surface area contributed by atoms with Gasteiger partial charge in [-0.1, -0.05) is 48.1 Å². The van der Waals surface area contributed by atoms with E-state index in [2.05, 4.69) is 42.5 Å². The highest BCUT2D eigenvalue weighted by molar-refractivity contribution is 5.92. The Hall–Kier alpha value is -2.09. The predicted molar refractivity (Wildman–Crippen MR) is 78.0 cm³/mol. The molecule has 3 aliphatic carbocycles. The van der Waals surface area contributed by atoms with Gasteiger partial charge in [-0.2, -0.15) is 0 Å². The minimum atomic E-state index is -0.0929. The fourth-order valence-electron chi connectivity index (χ4n) is 3.89. The number of esters is 1. The van der Waals surface area contributed by atoms with Gasteiger partial charge in [0.05, 0.1) is 13.0 Å². The van der Waals surface area contributed by atoms with Crippen molar-refractivity contribution in [1.82, 2.24) is 0 Å². The average Bonchev–Trinajstić information content (AvgIpc) is 2.85. The zero-order valence-corrected chi connectivity index (χ0v) is 11.4. The molecule has 0 N–H and O–H groups in total. The Morgan fingerprint density at radius 1 is 1.25 bits per heavy atom. The molecule has 1 aromatic carbocycles. The molecular weight excluding hydrogens is 248 g/mol. The molecule has 20 heavy (non-hydrogen) atoms. The van der Waals surface area contributed by atoms with E-state index in [1.54, 1.807) is 0 Å². The highest BCUT2D eigenvalue weighted by Crippen LogP contribution is 2.46. The highest BCUT2D eigenvalue weighted by atomic mass is 16.5. The molecule has 0 aliphatic heterocycles. The fourth-order valence-corrected chi connectivity index (χ4v) is 3.89. The molecule has 4 rings (SSSR count). The normalized spacial score (nSPS) is 25.9. The van der Waals surface area contributed by atoms with Gasteiger partial charge in [-0.15, -0.1) is 0 Å². The van der Waals surface area contributed by atoms with Crippen molar-refractivity contribution in [2.24, 2.45) is 11.8 Å². The van der Waals surface area contributed by atoms with Crippen LogP contribution in [0.25, 0.3) is 11.1 Å². The van der Waals surface area contributed by atoms with Crippen LogP contribution in [0.3, 0.4) is 0 Å². The zero-order chi connectivity index (χ0) is 13.7. The summed E-state index contributed by atoms with van der Waals surface area (Å²) in [5.41, 5.74) is 4.04. The summed E-state index contributed by atoms with van der Waals surface area (Å²) in [6, 6.07) is 8.43. The fraction of sp³-hybridized carbons (Fsp3) is 0.278. The van der Waals surface area contributed by atoms with E-state index < -0.39 is 0 Å². The second-order valence-corrected chi connectivity index (χ2v) is 5.60. The topological polar surface area (TPSA) is 26.3 Å². The molecule has 0 saturated heterocycles. The number of hydrogen-bond acceptors (Lipinski definition) is 2. The van der Waals surface area contributed by atoms with Crippen molar-refractivity contribution in [2.45, 2.75) is 12.8 Å². The van der Waals surface area contributed by atoms with Crippen molar-refractivity contribution in [3.8, 4) is 0 Å². The quantitative estimate of drug-likeness (QED) is 0.722. The van der Waals surface area contributed by atoms with Crippen LogP contribution in [0.4, 0.5) is 0 Å². The molecule has 2 nitrogen and oxygen atoms in total. The van der Waals surface area contributed by atoms with E-state index in [-0.39, 0.29) is 11.9 Å². The number of methoxy groups -OCH3 is 1. The number of hydrogen-bond donors (Lipinski definition) is 0. The second-order valence-electron chi connectivity index (χ2n) is 5.60. The summed E-state index contributed by atoms with van der Waals surface area (Å²) >= 11 is 0. The lowest BCUT2D eigenvalue weighted by atomic mass is 9.71. The second kappa shape index (κ2) is 4.20. The Morgan fingerprint density at radius 2 is 2.05 bits per heavy atom. The van der Waals surface area contributed by atoms with Crippen molar-refractivity contribution in [1.29, 1.82) is 0 Å². The summed E-state index contributed by atoms with van der Waals surface area (Å²) in [7, 11) is 1.49. The molecule has 0 radical (unpaired) electrons. The number of allylic oxidation sites excluding steroid dienone is 4. The Bertz CT molecular complexity index is 780. The average molecular weight is 264 g/mol. The molecule has 1 aromatic rings. The molecule has 2 atom stereocenters. The standard InChI is InChI=1S/C18H16O2/c1-20-18(19)15-10-9-11-5-4-8-13-12-6-2-3-7-14(12)17(15)16(11)13/h2-8,15-16H,9-10H2,1H3/t15-,16-/m0/s1. The van der Waals surface area contributed by atoms with Crippen LogP contribution in [0.5, 0.6) is 0 Å². The molecule has 3 aliphatic rings. The molecule has 2 heteroatoms. The van der Waals surface area contributed by atoms with Gasteiger partial charge in [-0.25, -0.2) is 0 Å². The van der Waals surface area contributed by atoms with Gasteiger partial charge in [0.15, 0.2) is 0 Å². The van der Waals surface area contributed by atoms with Gasteiger partial charge >= 0.3 is 5.97 Å². The summed E-state index contributed by atoms with van der Waals surface area (Å²) in [6.07, 6.45) is 8.39. The Kier molecular flexibility index (Phi) is 2.46. The zero-order valence-electron chi connectivity index (χ0n) is 11.4. The third kappa shape index (κ3) is 1.42. The van der Waals surface area contributed by atoms with Gasteiger partial charge in [0.2, 0.25) is 0 Å². The molecule has 1 fully saturated rings. The van der Waals surface area contributed by atoms with Gasteiger partial charge in [0, 0.05) is 5.92 Å². The lowest BCUT2D eigenvalue weighted by Gasteiger charge is -2.33. The molecule has 0 spiro atoms. The van der Waals surface area contributed by atoms with Crippen LogP contribution in [0, 0.1) is 11.8 Å². The number of ether oxygens (including phenoxy) is 1. The molecule has 0 heterocycles. The molecule has 1 saturated carbocycles. The first kappa shape index (κ1) is 11.7. The van der Waals surface area contributed by atoms with Crippen LogP contribution in [0.2, 0.25) is 0 Å². The number of rotatable bonds is 1. The largest absolute Gasteiger partial charge is 0.469 e. The Labute approximate surface area is 117 Å². The highest BCUT2D eigenvalue weighted by Gasteiger charge is 2.40. The van der Waals surface area contributed by atoms with Crippen LogP contribution in [-0.2, 0) is 9.53 Å². The van der Waals surface area contributed by atoms with E-state index in [9.17, 15) is 4.79 Å². The molecule has 0 aromatic heterocycles. The minimum Gasteiger partial charge on any atom is -0.469 e. The van der Waals surface area contributed by atoms with E-state index in [1.165, 1.54) is 34.3 Å². The Balaban J connectivity index is 2.05. The molecule has 0 unspecified atom stereocenters. The number of fused-ring (bicyclic) bond motifs is 1. The summed E-state index contributed by atoms with van der Waals surface area (Å²) < 4.78 is 5.03. The van der Waals surface area contributed by atoms with Gasteiger partial charge in [-0.3, -0.25) is 4.79 Å². The van der Waals surface area contributed by atoms with E-state index in [1.807, 2.05) is 0 Å². The van der Waals surface area contributed by atoms with Gasteiger partial charge in [-0.05, 0) is 34.4 Å². The van der Waals surface area contributed by atoms with Crippen LogP contribution >= 0.6 is 0 Å². The van der Waals surface area contributed by atoms with E-state index in [0.717, 1.165) is 12.8 Å². The van der Waals surface area contributed by atoms with Crippen molar-refractivity contribution < 1.29 is 9.53 Å². The number of benzene rings is 1. The molecular formula is C18H16O2. The monoisotopic (exact) mass is 264 g/mol. The van der Waals surface area contributed by atoms with Crippen LogP contribution < -0.4 is 10.4 Å². The third-order valence-electron chi connectivity index (χ3n) is 4.71. The van der Waals surface area contributed by atoms with E-state index in [0.29, 0.717) is 5.92 Å². The smallest absolute Gasteiger partial charge is 0.312 e. The van der Waals surface area contributed by atoms with Crippen LogP contribution in [0.1, 0.15) is 12.8 Å². The van der Waals surface area contributed by atoms with Gasteiger partial charge in [0.1, 0.15) is 0 Å². The third-order valence-corrected chi connectivity index (χ3v) is 4.71. The maximum absolute atomic E-state index is 12.1. The predicted octanol–water partition coefficient (Wildman–Crippen LogP) is 1.70. The molecule has 0 amide bonds. The number of carbonyl (C=O) groups is 1. The number of carbonyl (C=O) groups excluding carboxylic acids is 1. The van der Waals surface area contributed by atoms with Crippen LogP contribution in [0.15, 0.2) is 48.1 Å². The van der Waals surface area contributed by atoms with E-state index in [4.69, 9.17) is 4.74 Å². The van der Waals surface area contributed by atoms with Crippen molar-refractivity contribution in [2.75, 3.05) is 7.11 Å². The summed E-state index contributed by atoms with van der Waals surface area (Å²) in [6.45, 7) is 0. The van der Waals surface area contributed by atoms with Gasteiger partial charge in [0.25, 0.3) is 0 Å². The van der Waals surface area contributed by atoms with Crippen molar-refractivity contribution in [3.05, 3.63) is 58.5 Å². The van der Waals surface area contributed by atoms with Crippen LogP contribution in [-0.4, -0.2) is 13.1 Å². The summed E-state index contributed by atoms with van der Waals surface area (Å²) in [5, 5.41) is 2.52. The van der Waals surface area contributed by atoms with Crippen molar-refractivity contribution >= 4 is 17.1 Å². The van der Waals surface area contributed by atoms with Crippen molar-refractivity contribution in [3.63, 3.8) is 0 Å². The minimum absolute atomic E-state index is 0.0905. The first-order valence-corrected chi connectivity index (χ1v) is 7.09. The maximum Gasteiger partial charge on any atom is 0.312 e. The maximum atomic E-state index is 12.1. The molecule has 0 bridgehead atoms. The SMILES string of the molecule is COC(=O)[C@H]1CCC2=CC=CC3=c4ccccc4=C1[C@@H]23. The lowest BCUT2D eigenvalue weighted by molar-refractivity contribution is -0.143. The summed E-state index contributed by atoms with van der Waals surface area (Å²) in [5.74, 6) is 0.118. The first-order valence-electron chi connectivity index (χ1n) is 7.09. The first-order chi connectivity index (χ1) is 9.81. The summed E-state index contributed by atoms with van der Waals surface area (Å²) in [4.78, 5) is 12.1. The Morgan fingerprint density at radius 3 is 2.85 bits per heavy atom. The molecule has 100 valence electrons. The van der Waals surface area contributed by atoms with E-state index >= 15 is 0 Å². The lowest BCUT2D eigenvalue weighted by Crippen LogP contribution is -2.31.